The largest absolute Gasteiger partial charge is 0.493 e. The van der Waals surface area contributed by atoms with Crippen LogP contribution in [0.4, 0.5) is 10.5 Å². The second kappa shape index (κ2) is 15.6. The van der Waals surface area contributed by atoms with Gasteiger partial charge in [-0.1, -0.05) is 35.3 Å². The average molecular weight is 595 g/mol. The Bertz CT molecular complexity index is 1230. The van der Waals surface area contributed by atoms with Crippen LogP contribution in [0.15, 0.2) is 53.9 Å². The van der Waals surface area contributed by atoms with E-state index in [1.807, 2.05) is 35.7 Å². The molecule has 11 heteroatoms. The lowest BCUT2D eigenvalue weighted by Crippen LogP contribution is -2.45. The first-order valence-corrected chi connectivity index (χ1v) is 14.0. The number of thiophene rings is 1. The summed E-state index contributed by atoms with van der Waals surface area (Å²) in [5, 5.41) is 5.55. The molecule has 1 aromatic heterocycles. The lowest BCUT2D eigenvalue weighted by Gasteiger charge is -2.28. The van der Waals surface area contributed by atoms with Gasteiger partial charge >= 0.3 is 6.03 Å². The Balaban J connectivity index is 1.75. The van der Waals surface area contributed by atoms with Gasteiger partial charge in [0.25, 0.3) is 0 Å². The first-order chi connectivity index (χ1) is 18.8. The van der Waals surface area contributed by atoms with Crippen molar-refractivity contribution in [3.05, 3.63) is 74.4 Å². The van der Waals surface area contributed by atoms with Crippen molar-refractivity contribution in [2.45, 2.75) is 19.4 Å². The van der Waals surface area contributed by atoms with Gasteiger partial charge < -0.3 is 29.3 Å². The molecule has 1 heterocycles. The summed E-state index contributed by atoms with van der Waals surface area (Å²) in [4.78, 5) is 31.1. The number of carbonyl (C=O) groups is 2. The molecule has 8 nitrogen and oxygen atoms in total. The number of anilines is 1. The molecule has 0 spiro atoms. The molecule has 0 aliphatic carbocycles. The summed E-state index contributed by atoms with van der Waals surface area (Å²) in [5.74, 6) is 1.11. The van der Waals surface area contributed by atoms with Crippen molar-refractivity contribution < 1.29 is 23.8 Å². The normalized spacial score (nSPS) is 10.7. The van der Waals surface area contributed by atoms with Gasteiger partial charge in [-0.05, 0) is 60.2 Å². The molecule has 1 N–H and O–H groups in total. The van der Waals surface area contributed by atoms with Gasteiger partial charge in [0, 0.05) is 36.7 Å². The molecule has 3 amide bonds. The van der Waals surface area contributed by atoms with E-state index in [1.54, 1.807) is 55.8 Å². The highest BCUT2D eigenvalue weighted by Gasteiger charge is 2.23. The molecule has 0 aliphatic heterocycles. The van der Waals surface area contributed by atoms with Gasteiger partial charge in [-0.3, -0.25) is 4.79 Å². The van der Waals surface area contributed by atoms with Crippen LogP contribution in [0.1, 0.15) is 16.9 Å². The Hall–Kier alpha value is -2.98. The summed E-state index contributed by atoms with van der Waals surface area (Å²) >= 11 is 13.8. The third-order valence-corrected chi connectivity index (χ3v) is 7.37. The van der Waals surface area contributed by atoms with E-state index in [2.05, 4.69) is 5.32 Å². The summed E-state index contributed by atoms with van der Waals surface area (Å²) in [5.41, 5.74) is 1.42. The number of halogens is 2. The van der Waals surface area contributed by atoms with Gasteiger partial charge in [-0.15, -0.1) is 11.3 Å². The van der Waals surface area contributed by atoms with Crippen LogP contribution < -0.4 is 14.8 Å². The molecule has 210 valence electrons. The maximum Gasteiger partial charge on any atom is 0.322 e. The van der Waals surface area contributed by atoms with Gasteiger partial charge in [0.05, 0.1) is 31.5 Å². The predicted octanol–water partition coefficient (Wildman–Crippen LogP) is 6.21. The third kappa shape index (κ3) is 9.32. The molecule has 3 rings (SSSR count). The smallest absolute Gasteiger partial charge is 0.322 e. The minimum atomic E-state index is -0.431. The van der Waals surface area contributed by atoms with E-state index in [0.717, 1.165) is 10.4 Å². The molecule has 0 saturated heterocycles. The van der Waals surface area contributed by atoms with E-state index < -0.39 is 6.03 Å². The lowest BCUT2D eigenvalue weighted by atomic mass is 10.1. The summed E-state index contributed by atoms with van der Waals surface area (Å²) in [6, 6.07) is 14.1. The molecule has 0 atom stereocenters. The Kier molecular flexibility index (Phi) is 12.2. The molecular weight excluding hydrogens is 561 g/mol. The quantitative estimate of drug-likeness (QED) is 0.225. The number of ether oxygens (including phenoxy) is 3. The van der Waals surface area contributed by atoms with Crippen molar-refractivity contribution in [1.82, 2.24) is 9.80 Å². The van der Waals surface area contributed by atoms with Crippen LogP contribution in [0.2, 0.25) is 10.0 Å². The van der Waals surface area contributed by atoms with Gasteiger partial charge in [-0.25, -0.2) is 4.79 Å². The lowest BCUT2D eigenvalue weighted by molar-refractivity contribution is -0.132. The van der Waals surface area contributed by atoms with E-state index in [-0.39, 0.29) is 12.5 Å². The van der Waals surface area contributed by atoms with Gasteiger partial charge in [0.1, 0.15) is 6.54 Å². The number of methoxy groups -OCH3 is 3. The molecule has 0 radical (unpaired) electrons. The van der Waals surface area contributed by atoms with E-state index in [1.165, 1.54) is 4.90 Å². The molecule has 0 fully saturated rings. The fraction of sp³-hybridized carbons (Fsp3) is 0.357. The number of carbonyl (C=O) groups excluding carboxylic acids is 2. The average Bonchev–Trinajstić information content (AvgIpc) is 3.45. The maximum atomic E-state index is 13.6. The van der Waals surface area contributed by atoms with E-state index in [4.69, 9.17) is 37.4 Å². The van der Waals surface area contributed by atoms with E-state index in [0.29, 0.717) is 66.3 Å². The van der Waals surface area contributed by atoms with Gasteiger partial charge in [0.15, 0.2) is 11.5 Å². The van der Waals surface area contributed by atoms with Gasteiger partial charge in [0.2, 0.25) is 5.91 Å². The second-order valence-electron chi connectivity index (χ2n) is 8.66. The molecule has 0 unspecified atom stereocenters. The zero-order valence-electron chi connectivity index (χ0n) is 22.2. The van der Waals surface area contributed by atoms with Crippen LogP contribution in [0, 0.1) is 0 Å². The number of hydrogen-bond donors (Lipinski definition) is 1. The first-order valence-electron chi connectivity index (χ1n) is 12.4. The fourth-order valence-corrected chi connectivity index (χ4v) is 5.06. The highest BCUT2D eigenvalue weighted by molar-refractivity contribution is 7.09. The van der Waals surface area contributed by atoms with Crippen LogP contribution in [-0.2, 0) is 22.5 Å². The zero-order valence-corrected chi connectivity index (χ0v) is 24.6. The number of nitrogens with one attached hydrogen (secondary N) is 1. The number of benzene rings is 2. The number of hydrogen-bond acceptors (Lipinski definition) is 6. The molecule has 39 heavy (non-hydrogen) atoms. The molecule has 3 aromatic rings. The maximum absolute atomic E-state index is 13.6. The van der Waals surface area contributed by atoms with Crippen molar-refractivity contribution in [2.75, 3.05) is 52.9 Å². The van der Waals surface area contributed by atoms with Gasteiger partial charge in [-0.2, -0.15) is 0 Å². The van der Waals surface area contributed by atoms with E-state index >= 15 is 0 Å². The van der Waals surface area contributed by atoms with Crippen molar-refractivity contribution in [2.24, 2.45) is 0 Å². The number of amides is 3. The SMILES string of the molecule is COCCCN(CC(=O)N(CCc1ccc(OC)c(OC)c1)Cc1cccs1)C(=O)Nc1ccc(Cl)cc1Cl. The van der Waals surface area contributed by atoms with Crippen molar-refractivity contribution in [3.8, 4) is 11.5 Å². The molecule has 0 bridgehead atoms. The predicted molar refractivity (Wildman–Crippen MR) is 157 cm³/mol. The molecule has 2 aromatic carbocycles. The van der Waals surface area contributed by atoms with Crippen molar-refractivity contribution in [3.63, 3.8) is 0 Å². The molecular formula is C28H33Cl2N3O5S. The van der Waals surface area contributed by atoms with E-state index in [9.17, 15) is 9.59 Å². The highest BCUT2D eigenvalue weighted by atomic mass is 35.5. The Labute approximate surface area is 243 Å². The monoisotopic (exact) mass is 593 g/mol. The van der Waals surface area contributed by atoms with Crippen molar-refractivity contribution in [1.29, 1.82) is 0 Å². The number of rotatable bonds is 14. The topological polar surface area (TPSA) is 80.3 Å². The Morgan fingerprint density at radius 3 is 2.41 bits per heavy atom. The minimum Gasteiger partial charge on any atom is -0.493 e. The number of nitrogens with zero attached hydrogens (tertiary/aromatic N) is 2. The zero-order chi connectivity index (χ0) is 28.2. The second-order valence-corrected chi connectivity index (χ2v) is 10.5. The highest BCUT2D eigenvalue weighted by Crippen LogP contribution is 2.28. The summed E-state index contributed by atoms with van der Waals surface area (Å²) in [7, 11) is 4.78. The van der Waals surface area contributed by atoms with Crippen LogP contribution >= 0.6 is 34.5 Å². The third-order valence-electron chi connectivity index (χ3n) is 5.96. The van der Waals surface area contributed by atoms with Crippen LogP contribution in [0.3, 0.4) is 0 Å². The summed E-state index contributed by atoms with van der Waals surface area (Å²) < 4.78 is 15.9. The Morgan fingerprint density at radius 1 is 0.949 bits per heavy atom. The molecule has 0 saturated carbocycles. The summed E-state index contributed by atoms with van der Waals surface area (Å²) in [6.45, 7) is 1.60. The Morgan fingerprint density at radius 2 is 1.74 bits per heavy atom. The fourth-order valence-electron chi connectivity index (χ4n) is 3.88. The minimum absolute atomic E-state index is 0.0991. The van der Waals surface area contributed by atoms with Crippen LogP contribution in [0.5, 0.6) is 11.5 Å². The van der Waals surface area contributed by atoms with Crippen LogP contribution in [-0.4, -0.2) is 69.3 Å². The number of urea groups is 1. The standard InChI is InChI=1S/C28H33Cl2N3O5S/c1-36-14-5-12-33(28(35)31-24-9-8-21(29)17-23(24)30)19-27(34)32(18-22-6-4-15-39-22)13-11-20-7-10-25(37-2)26(16-20)38-3/h4,6-10,15-17H,5,11-14,18-19H2,1-3H3,(H,31,35). The van der Waals surface area contributed by atoms with Crippen molar-refractivity contribution >= 4 is 52.2 Å². The first kappa shape index (κ1) is 30.6. The molecule has 0 aliphatic rings. The van der Waals surface area contributed by atoms with Crippen LogP contribution in [0.25, 0.3) is 0 Å². The summed E-state index contributed by atoms with van der Waals surface area (Å²) in [6.07, 6.45) is 1.18.